The quantitative estimate of drug-likeness (QED) is 0.477. The van der Waals surface area contributed by atoms with Gasteiger partial charge in [-0.2, -0.15) is 0 Å². The molecule has 1 aromatic rings. The number of H-pyrrole nitrogens is 1. The van der Waals surface area contributed by atoms with E-state index in [1.807, 2.05) is 4.98 Å². The standard InChI is InChI=1S/C9H12N2O6.CH4/c12-3-4-6(14)7(15)8(17-4)11-2-1-5(13)10-9(11)16;/h1-2,4,6-8,12,14-15H,3H2,(H,10,13,16);1H4/t4-,6?,7?,8-;/m1./s1. The fraction of sp³-hybridized carbons (Fsp3) is 0.600. The molecular weight excluding hydrogens is 244 g/mol. The highest BCUT2D eigenvalue weighted by Gasteiger charge is 2.43. The fourth-order valence-electron chi connectivity index (χ4n) is 1.74. The zero-order valence-electron chi connectivity index (χ0n) is 8.68. The molecule has 2 heterocycles. The molecule has 2 rings (SSSR count). The molecule has 0 amide bonds. The maximum Gasteiger partial charge on any atom is 0.330 e. The number of hydrogen-bond donors (Lipinski definition) is 4. The summed E-state index contributed by atoms with van der Waals surface area (Å²) in [5.41, 5.74) is -1.33. The Morgan fingerprint density at radius 2 is 2.00 bits per heavy atom. The zero-order valence-corrected chi connectivity index (χ0v) is 8.68. The molecule has 0 aliphatic carbocycles. The molecule has 1 fully saturated rings. The topological polar surface area (TPSA) is 125 Å². The van der Waals surface area contributed by atoms with Crippen molar-refractivity contribution >= 4 is 0 Å². The molecular formula is C10H16N2O6. The Bertz CT molecular complexity index is 510. The van der Waals surface area contributed by atoms with Crippen molar-refractivity contribution < 1.29 is 20.1 Å². The number of ether oxygens (including phenoxy) is 1. The largest absolute Gasteiger partial charge is 0.394 e. The van der Waals surface area contributed by atoms with Crippen LogP contribution in [0.2, 0.25) is 0 Å². The van der Waals surface area contributed by atoms with Crippen molar-refractivity contribution in [3.05, 3.63) is 33.1 Å². The monoisotopic (exact) mass is 260 g/mol. The Morgan fingerprint density at radius 1 is 1.33 bits per heavy atom. The predicted molar refractivity (Wildman–Crippen MR) is 61.1 cm³/mol. The molecule has 1 saturated heterocycles. The number of aliphatic hydroxyl groups is 3. The van der Waals surface area contributed by atoms with Gasteiger partial charge in [0.1, 0.15) is 18.3 Å². The van der Waals surface area contributed by atoms with Crippen LogP contribution < -0.4 is 11.2 Å². The molecule has 18 heavy (non-hydrogen) atoms. The summed E-state index contributed by atoms with van der Waals surface area (Å²) in [4.78, 5) is 24.3. The van der Waals surface area contributed by atoms with Crippen LogP contribution >= 0.6 is 0 Å². The Hall–Kier alpha value is -1.48. The second kappa shape index (κ2) is 5.44. The molecule has 1 aromatic heterocycles. The first-order valence-electron chi connectivity index (χ1n) is 4.98. The van der Waals surface area contributed by atoms with Crippen LogP contribution in [0.25, 0.3) is 0 Å². The second-order valence-corrected chi connectivity index (χ2v) is 3.75. The third-order valence-corrected chi connectivity index (χ3v) is 2.64. The van der Waals surface area contributed by atoms with E-state index in [9.17, 15) is 19.8 Å². The third kappa shape index (κ3) is 2.36. The molecule has 0 saturated carbocycles. The maximum atomic E-state index is 11.4. The summed E-state index contributed by atoms with van der Waals surface area (Å²) < 4.78 is 6.08. The van der Waals surface area contributed by atoms with Crippen LogP contribution in [0.3, 0.4) is 0 Å². The van der Waals surface area contributed by atoms with Crippen molar-refractivity contribution in [3.63, 3.8) is 0 Å². The van der Waals surface area contributed by atoms with E-state index in [4.69, 9.17) is 9.84 Å². The number of aliphatic hydroxyl groups excluding tert-OH is 3. The summed E-state index contributed by atoms with van der Waals surface area (Å²) in [6.07, 6.45) is -3.58. The van der Waals surface area contributed by atoms with Gasteiger partial charge in [0.2, 0.25) is 0 Å². The predicted octanol–water partition coefficient (Wildman–Crippen LogP) is -2.22. The van der Waals surface area contributed by atoms with Gasteiger partial charge in [0.25, 0.3) is 5.56 Å². The van der Waals surface area contributed by atoms with Crippen molar-refractivity contribution in [2.24, 2.45) is 0 Å². The highest BCUT2D eigenvalue weighted by atomic mass is 16.6. The Balaban J connectivity index is 0.00000162. The average Bonchev–Trinajstić information content (AvgIpc) is 2.57. The first-order valence-corrected chi connectivity index (χ1v) is 4.98. The number of nitrogens with zero attached hydrogens (tertiary/aromatic N) is 1. The van der Waals surface area contributed by atoms with Gasteiger partial charge in [-0.25, -0.2) is 4.79 Å². The fourth-order valence-corrected chi connectivity index (χ4v) is 1.74. The zero-order chi connectivity index (χ0) is 12.6. The van der Waals surface area contributed by atoms with Crippen molar-refractivity contribution in [2.45, 2.75) is 32.0 Å². The normalized spacial score (nSPS) is 31.1. The van der Waals surface area contributed by atoms with Gasteiger partial charge in [-0.05, 0) is 0 Å². The summed E-state index contributed by atoms with van der Waals surface area (Å²) in [5.74, 6) is 0. The van der Waals surface area contributed by atoms with Crippen molar-refractivity contribution in [3.8, 4) is 0 Å². The minimum atomic E-state index is -1.35. The van der Waals surface area contributed by atoms with Crippen LogP contribution in [0, 0.1) is 0 Å². The molecule has 8 heteroatoms. The van der Waals surface area contributed by atoms with Gasteiger partial charge in [-0.3, -0.25) is 14.3 Å². The number of aromatic nitrogens is 2. The van der Waals surface area contributed by atoms with E-state index in [0.29, 0.717) is 0 Å². The molecule has 4 atom stereocenters. The third-order valence-electron chi connectivity index (χ3n) is 2.64. The maximum absolute atomic E-state index is 11.4. The van der Waals surface area contributed by atoms with E-state index in [1.165, 1.54) is 0 Å². The van der Waals surface area contributed by atoms with E-state index in [2.05, 4.69) is 0 Å². The Kier molecular flexibility index (Phi) is 4.41. The van der Waals surface area contributed by atoms with Crippen LogP contribution in [0.15, 0.2) is 21.9 Å². The van der Waals surface area contributed by atoms with Crippen LogP contribution in [-0.2, 0) is 4.74 Å². The lowest BCUT2D eigenvalue weighted by atomic mass is 10.1. The number of nitrogens with one attached hydrogen (secondary N) is 1. The smallest absolute Gasteiger partial charge is 0.330 e. The first kappa shape index (κ1) is 14.6. The second-order valence-electron chi connectivity index (χ2n) is 3.75. The molecule has 0 bridgehead atoms. The Labute approximate surface area is 102 Å². The van der Waals surface area contributed by atoms with E-state index in [1.54, 1.807) is 0 Å². The van der Waals surface area contributed by atoms with Crippen LogP contribution in [0.4, 0.5) is 0 Å². The van der Waals surface area contributed by atoms with Crippen LogP contribution in [-0.4, -0.2) is 49.8 Å². The number of hydrogen-bond acceptors (Lipinski definition) is 6. The van der Waals surface area contributed by atoms with Crippen molar-refractivity contribution in [2.75, 3.05) is 6.61 Å². The molecule has 0 spiro atoms. The summed E-state index contributed by atoms with van der Waals surface area (Å²) in [7, 11) is 0. The Morgan fingerprint density at radius 3 is 2.50 bits per heavy atom. The number of aromatic amines is 1. The summed E-state index contributed by atoms with van der Waals surface area (Å²) in [5, 5.41) is 28.1. The van der Waals surface area contributed by atoms with E-state index in [0.717, 1.165) is 16.8 Å². The highest BCUT2D eigenvalue weighted by molar-refractivity contribution is 4.92. The van der Waals surface area contributed by atoms with Crippen LogP contribution in [0.5, 0.6) is 0 Å². The van der Waals surface area contributed by atoms with E-state index >= 15 is 0 Å². The molecule has 1 aliphatic heterocycles. The molecule has 4 N–H and O–H groups in total. The lowest BCUT2D eigenvalue weighted by molar-refractivity contribution is -0.0550. The summed E-state index contributed by atoms with van der Waals surface area (Å²) in [6, 6.07) is 1.09. The number of rotatable bonds is 2. The lowest BCUT2D eigenvalue weighted by Gasteiger charge is -2.16. The van der Waals surface area contributed by atoms with Crippen LogP contribution in [0.1, 0.15) is 13.7 Å². The van der Waals surface area contributed by atoms with Gasteiger partial charge in [0.15, 0.2) is 6.23 Å². The van der Waals surface area contributed by atoms with Gasteiger partial charge in [-0.1, -0.05) is 7.43 Å². The molecule has 1 aliphatic rings. The van der Waals surface area contributed by atoms with E-state index in [-0.39, 0.29) is 7.43 Å². The minimum absolute atomic E-state index is 0. The van der Waals surface area contributed by atoms with Crippen molar-refractivity contribution in [1.29, 1.82) is 0 Å². The average molecular weight is 260 g/mol. The van der Waals surface area contributed by atoms with Gasteiger partial charge in [0, 0.05) is 12.3 Å². The lowest BCUT2D eigenvalue weighted by Crippen LogP contribution is -2.37. The molecule has 102 valence electrons. The molecule has 0 aromatic carbocycles. The SMILES string of the molecule is C.O=c1ccn([C@@H]2O[C@H](CO)C(O)C2O)c(=O)[nH]1. The highest BCUT2D eigenvalue weighted by Crippen LogP contribution is 2.27. The summed E-state index contributed by atoms with van der Waals surface area (Å²) >= 11 is 0. The minimum Gasteiger partial charge on any atom is -0.394 e. The molecule has 0 radical (unpaired) electrons. The van der Waals surface area contributed by atoms with Gasteiger partial charge in [0.05, 0.1) is 6.61 Å². The van der Waals surface area contributed by atoms with Gasteiger partial charge >= 0.3 is 5.69 Å². The van der Waals surface area contributed by atoms with Crippen molar-refractivity contribution in [1.82, 2.24) is 9.55 Å². The summed E-state index contributed by atoms with van der Waals surface area (Å²) in [6.45, 7) is -0.479. The first-order chi connectivity index (χ1) is 8.04. The van der Waals surface area contributed by atoms with E-state index < -0.39 is 42.4 Å². The molecule has 8 nitrogen and oxygen atoms in total. The van der Waals surface area contributed by atoms with Gasteiger partial charge in [-0.15, -0.1) is 0 Å². The molecule has 2 unspecified atom stereocenters. The van der Waals surface area contributed by atoms with Gasteiger partial charge < -0.3 is 20.1 Å².